The summed E-state index contributed by atoms with van der Waals surface area (Å²) >= 11 is 0. The van der Waals surface area contributed by atoms with Crippen LogP contribution in [0.4, 0.5) is 4.39 Å². The molecule has 1 aromatic rings. The first-order chi connectivity index (χ1) is 7.72. The Kier molecular flexibility index (Phi) is 6.04. The van der Waals surface area contributed by atoms with Crippen molar-refractivity contribution in [2.45, 2.75) is 32.3 Å². The van der Waals surface area contributed by atoms with Gasteiger partial charge in [-0.25, -0.2) is 4.39 Å². The fourth-order valence-electron chi connectivity index (χ4n) is 1.46. The SMILES string of the molecule is CCCOCCC(O)Cc1ccc(F)cc1. The van der Waals surface area contributed by atoms with Crippen molar-refractivity contribution in [3.8, 4) is 0 Å². The van der Waals surface area contributed by atoms with E-state index >= 15 is 0 Å². The molecular formula is C13H19FO2. The molecule has 16 heavy (non-hydrogen) atoms. The third-order valence-electron chi connectivity index (χ3n) is 2.33. The monoisotopic (exact) mass is 226 g/mol. The number of hydrogen-bond acceptors (Lipinski definition) is 2. The van der Waals surface area contributed by atoms with Gasteiger partial charge in [0.25, 0.3) is 0 Å². The number of benzene rings is 1. The summed E-state index contributed by atoms with van der Waals surface area (Å²) in [6.07, 6.45) is 1.75. The Labute approximate surface area is 96.1 Å². The Hall–Kier alpha value is -0.930. The summed E-state index contributed by atoms with van der Waals surface area (Å²) in [5, 5.41) is 9.70. The van der Waals surface area contributed by atoms with Gasteiger partial charge in [-0.05, 0) is 37.0 Å². The second-order valence-corrected chi connectivity index (χ2v) is 3.89. The van der Waals surface area contributed by atoms with Crippen molar-refractivity contribution >= 4 is 0 Å². The van der Waals surface area contributed by atoms with Crippen LogP contribution in [0.25, 0.3) is 0 Å². The first-order valence-electron chi connectivity index (χ1n) is 5.72. The van der Waals surface area contributed by atoms with E-state index in [0.29, 0.717) is 19.4 Å². The van der Waals surface area contributed by atoms with Crippen LogP contribution in [-0.4, -0.2) is 24.4 Å². The molecule has 0 heterocycles. The van der Waals surface area contributed by atoms with Gasteiger partial charge in [-0.2, -0.15) is 0 Å². The van der Waals surface area contributed by atoms with Gasteiger partial charge < -0.3 is 9.84 Å². The molecule has 1 N–H and O–H groups in total. The third-order valence-corrected chi connectivity index (χ3v) is 2.33. The van der Waals surface area contributed by atoms with Gasteiger partial charge in [-0.1, -0.05) is 19.1 Å². The van der Waals surface area contributed by atoms with Crippen LogP contribution in [0.5, 0.6) is 0 Å². The zero-order valence-electron chi connectivity index (χ0n) is 9.66. The lowest BCUT2D eigenvalue weighted by molar-refractivity contribution is 0.0824. The minimum Gasteiger partial charge on any atom is -0.393 e. The first kappa shape index (κ1) is 13.1. The minimum atomic E-state index is -0.415. The van der Waals surface area contributed by atoms with E-state index in [0.717, 1.165) is 18.6 Å². The van der Waals surface area contributed by atoms with Crippen molar-refractivity contribution < 1.29 is 14.2 Å². The van der Waals surface area contributed by atoms with Crippen LogP contribution in [0.15, 0.2) is 24.3 Å². The smallest absolute Gasteiger partial charge is 0.123 e. The van der Waals surface area contributed by atoms with Crippen LogP contribution < -0.4 is 0 Å². The normalized spacial score (nSPS) is 12.7. The summed E-state index contributed by atoms with van der Waals surface area (Å²) in [6, 6.07) is 6.22. The maximum atomic E-state index is 12.6. The number of aliphatic hydroxyl groups is 1. The summed E-state index contributed by atoms with van der Waals surface area (Å²) in [7, 11) is 0. The molecule has 1 unspecified atom stereocenters. The zero-order chi connectivity index (χ0) is 11.8. The van der Waals surface area contributed by atoms with Crippen LogP contribution in [0.2, 0.25) is 0 Å². The van der Waals surface area contributed by atoms with Crippen LogP contribution in [0.1, 0.15) is 25.3 Å². The Balaban J connectivity index is 2.23. The van der Waals surface area contributed by atoms with Gasteiger partial charge in [-0.15, -0.1) is 0 Å². The second kappa shape index (κ2) is 7.36. The number of aliphatic hydroxyl groups excluding tert-OH is 1. The molecule has 1 atom stereocenters. The van der Waals surface area contributed by atoms with E-state index in [4.69, 9.17) is 4.74 Å². The van der Waals surface area contributed by atoms with E-state index in [1.807, 2.05) is 0 Å². The fraction of sp³-hybridized carbons (Fsp3) is 0.538. The van der Waals surface area contributed by atoms with Crippen molar-refractivity contribution in [3.63, 3.8) is 0 Å². The maximum absolute atomic E-state index is 12.6. The summed E-state index contributed by atoms with van der Waals surface area (Å²) in [5.74, 6) is -0.246. The first-order valence-corrected chi connectivity index (χ1v) is 5.72. The van der Waals surface area contributed by atoms with E-state index in [2.05, 4.69) is 6.92 Å². The van der Waals surface area contributed by atoms with Crippen molar-refractivity contribution in [2.24, 2.45) is 0 Å². The molecule has 0 fully saturated rings. The highest BCUT2D eigenvalue weighted by atomic mass is 19.1. The van der Waals surface area contributed by atoms with Crippen LogP contribution in [0, 0.1) is 5.82 Å². The molecule has 0 bridgehead atoms. The van der Waals surface area contributed by atoms with E-state index in [9.17, 15) is 9.50 Å². The molecule has 0 aliphatic heterocycles. The molecule has 0 aliphatic carbocycles. The van der Waals surface area contributed by atoms with Gasteiger partial charge >= 0.3 is 0 Å². The Morgan fingerprint density at radius 3 is 2.56 bits per heavy atom. The molecule has 1 aromatic carbocycles. The molecular weight excluding hydrogens is 207 g/mol. The standard InChI is InChI=1S/C13H19FO2/c1-2-8-16-9-7-13(15)10-11-3-5-12(14)6-4-11/h3-6,13,15H,2,7-10H2,1H3. The van der Waals surface area contributed by atoms with Crippen molar-refractivity contribution in [1.82, 2.24) is 0 Å². The predicted octanol–water partition coefficient (Wildman–Crippen LogP) is 2.55. The lowest BCUT2D eigenvalue weighted by Gasteiger charge is -2.10. The number of rotatable bonds is 7. The van der Waals surface area contributed by atoms with E-state index < -0.39 is 6.10 Å². The lowest BCUT2D eigenvalue weighted by atomic mass is 10.1. The van der Waals surface area contributed by atoms with Gasteiger partial charge in [-0.3, -0.25) is 0 Å². The molecule has 0 spiro atoms. The average Bonchev–Trinajstić information content (AvgIpc) is 2.28. The Bertz CT molecular complexity index is 284. The minimum absolute atomic E-state index is 0.246. The molecule has 2 nitrogen and oxygen atoms in total. The van der Waals surface area contributed by atoms with E-state index in [1.165, 1.54) is 12.1 Å². The van der Waals surface area contributed by atoms with Crippen LogP contribution in [0.3, 0.4) is 0 Å². The number of hydrogen-bond donors (Lipinski definition) is 1. The average molecular weight is 226 g/mol. The van der Waals surface area contributed by atoms with Crippen molar-refractivity contribution in [3.05, 3.63) is 35.6 Å². The summed E-state index contributed by atoms with van der Waals surface area (Å²) in [4.78, 5) is 0. The highest BCUT2D eigenvalue weighted by Gasteiger charge is 2.05. The van der Waals surface area contributed by atoms with Crippen LogP contribution >= 0.6 is 0 Å². The van der Waals surface area contributed by atoms with Gasteiger partial charge in [0.2, 0.25) is 0 Å². The quantitative estimate of drug-likeness (QED) is 0.724. The molecule has 90 valence electrons. The topological polar surface area (TPSA) is 29.5 Å². The second-order valence-electron chi connectivity index (χ2n) is 3.89. The molecule has 0 aromatic heterocycles. The van der Waals surface area contributed by atoms with E-state index in [1.54, 1.807) is 12.1 Å². The Morgan fingerprint density at radius 2 is 1.94 bits per heavy atom. The van der Waals surface area contributed by atoms with Gasteiger partial charge in [0, 0.05) is 13.2 Å². The summed E-state index contributed by atoms with van der Waals surface area (Å²) < 4.78 is 17.9. The zero-order valence-corrected chi connectivity index (χ0v) is 9.66. The van der Waals surface area contributed by atoms with Gasteiger partial charge in [0.05, 0.1) is 6.10 Å². The Morgan fingerprint density at radius 1 is 1.25 bits per heavy atom. The third kappa shape index (κ3) is 5.24. The van der Waals surface area contributed by atoms with E-state index in [-0.39, 0.29) is 5.82 Å². The largest absolute Gasteiger partial charge is 0.393 e. The number of halogens is 1. The molecule has 0 saturated carbocycles. The van der Waals surface area contributed by atoms with Crippen LogP contribution in [-0.2, 0) is 11.2 Å². The summed E-state index contributed by atoms with van der Waals surface area (Å²) in [5.41, 5.74) is 0.949. The molecule has 3 heteroatoms. The summed E-state index contributed by atoms with van der Waals surface area (Å²) in [6.45, 7) is 3.37. The predicted molar refractivity (Wildman–Crippen MR) is 61.8 cm³/mol. The molecule has 0 amide bonds. The van der Waals surface area contributed by atoms with Gasteiger partial charge in [0.1, 0.15) is 5.82 Å². The van der Waals surface area contributed by atoms with Crippen molar-refractivity contribution in [1.29, 1.82) is 0 Å². The fourth-order valence-corrected chi connectivity index (χ4v) is 1.46. The number of ether oxygens (including phenoxy) is 1. The maximum Gasteiger partial charge on any atom is 0.123 e. The lowest BCUT2D eigenvalue weighted by Crippen LogP contribution is -2.13. The van der Waals surface area contributed by atoms with Crippen molar-refractivity contribution in [2.75, 3.05) is 13.2 Å². The molecule has 0 saturated heterocycles. The van der Waals surface area contributed by atoms with Gasteiger partial charge in [0.15, 0.2) is 0 Å². The highest BCUT2D eigenvalue weighted by molar-refractivity contribution is 5.16. The molecule has 0 radical (unpaired) electrons. The molecule has 0 aliphatic rings. The highest BCUT2D eigenvalue weighted by Crippen LogP contribution is 2.07. The molecule has 1 rings (SSSR count).